The SMILES string of the molecule is COc1cccc(OC)c1C(=O)C1(C(=O)c2c(OC)cccc2OC)CCC(OC2CCC(C(=O)c3c(OC)cccc3OC)(C(=O)c3c(OC)cccc3OC)CC2)CC1. The van der Waals surface area contributed by atoms with Crippen LogP contribution in [0.15, 0.2) is 72.8 Å². The van der Waals surface area contributed by atoms with Gasteiger partial charge in [-0.1, -0.05) is 24.3 Å². The number of rotatable bonds is 18. The Morgan fingerprint density at radius 1 is 0.361 bits per heavy atom. The van der Waals surface area contributed by atoms with Gasteiger partial charge in [0.15, 0.2) is 23.1 Å². The molecule has 6 rings (SSSR count). The third-order valence-corrected chi connectivity index (χ3v) is 12.3. The predicted molar refractivity (Wildman–Crippen MR) is 226 cm³/mol. The molecule has 0 radical (unpaired) electrons. The van der Waals surface area contributed by atoms with E-state index in [1.54, 1.807) is 72.8 Å². The maximum atomic E-state index is 15.0. The summed E-state index contributed by atoms with van der Waals surface area (Å²) in [5, 5.41) is 0. The highest BCUT2D eigenvalue weighted by Crippen LogP contribution is 2.51. The fraction of sp³-hybridized carbons (Fsp3) is 0.417. The lowest BCUT2D eigenvalue weighted by atomic mass is 9.63. The number of hydrogen-bond acceptors (Lipinski definition) is 13. The molecule has 0 atom stereocenters. The Hall–Kier alpha value is -6.08. The largest absolute Gasteiger partial charge is 0.496 e. The lowest BCUT2D eigenvalue weighted by molar-refractivity contribution is -0.0637. The van der Waals surface area contributed by atoms with Gasteiger partial charge in [0.2, 0.25) is 0 Å². The van der Waals surface area contributed by atoms with Gasteiger partial charge >= 0.3 is 0 Å². The summed E-state index contributed by atoms with van der Waals surface area (Å²) in [6.45, 7) is 0. The molecule has 0 heterocycles. The summed E-state index contributed by atoms with van der Waals surface area (Å²) in [6, 6.07) is 20.2. The van der Waals surface area contributed by atoms with E-state index in [1.807, 2.05) is 0 Å². The zero-order valence-electron chi connectivity index (χ0n) is 36.0. The van der Waals surface area contributed by atoms with E-state index in [4.69, 9.17) is 42.6 Å². The maximum Gasteiger partial charge on any atom is 0.184 e. The summed E-state index contributed by atoms with van der Waals surface area (Å²) in [4.78, 5) is 60.0. The van der Waals surface area contributed by atoms with Gasteiger partial charge in [-0.3, -0.25) is 19.2 Å². The normalized spacial score (nSPS) is 16.1. The van der Waals surface area contributed by atoms with E-state index < -0.39 is 34.0 Å². The van der Waals surface area contributed by atoms with E-state index in [0.717, 1.165) is 0 Å². The van der Waals surface area contributed by atoms with Crippen LogP contribution in [0.4, 0.5) is 0 Å². The van der Waals surface area contributed by atoms with Crippen molar-refractivity contribution in [2.75, 3.05) is 56.9 Å². The molecule has 0 bridgehead atoms. The van der Waals surface area contributed by atoms with Crippen molar-refractivity contribution in [3.8, 4) is 46.0 Å². The smallest absolute Gasteiger partial charge is 0.184 e. The van der Waals surface area contributed by atoms with Gasteiger partial charge in [-0.15, -0.1) is 0 Å². The highest BCUT2D eigenvalue weighted by molar-refractivity contribution is 6.24. The summed E-state index contributed by atoms with van der Waals surface area (Å²) >= 11 is 0. The molecule has 0 N–H and O–H groups in total. The molecule has 2 aliphatic rings. The van der Waals surface area contributed by atoms with E-state index >= 15 is 19.2 Å². The van der Waals surface area contributed by atoms with Gasteiger partial charge in [0.1, 0.15) is 68.2 Å². The summed E-state index contributed by atoms with van der Waals surface area (Å²) in [5.41, 5.74) is -2.41. The first-order valence-corrected chi connectivity index (χ1v) is 20.2. The van der Waals surface area contributed by atoms with Crippen LogP contribution in [0.2, 0.25) is 0 Å². The molecule has 0 unspecified atom stereocenters. The van der Waals surface area contributed by atoms with Crippen LogP contribution in [0.1, 0.15) is 92.8 Å². The third-order valence-electron chi connectivity index (χ3n) is 12.3. The van der Waals surface area contributed by atoms with Crippen LogP contribution in [0.5, 0.6) is 46.0 Å². The molecule has 4 aromatic carbocycles. The lowest BCUT2D eigenvalue weighted by Crippen LogP contribution is -2.47. The van der Waals surface area contributed by atoms with Crippen molar-refractivity contribution in [3.05, 3.63) is 95.1 Å². The molecule has 61 heavy (non-hydrogen) atoms. The zero-order valence-corrected chi connectivity index (χ0v) is 36.0. The molecule has 0 spiro atoms. The average molecular weight is 839 g/mol. The van der Waals surface area contributed by atoms with Gasteiger partial charge in [-0.05, 0) is 99.9 Å². The van der Waals surface area contributed by atoms with Crippen LogP contribution in [0.3, 0.4) is 0 Å². The topological polar surface area (TPSA) is 151 Å². The van der Waals surface area contributed by atoms with Crippen LogP contribution < -0.4 is 37.9 Å². The molecular weight excluding hydrogens is 785 g/mol. The monoisotopic (exact) mass is 838 g/mol. The first-order chi connectivity index (χ1) is 29.5. The Morgan fingerprint density at radius 3 is 0.705 bits per heavy atom. The standard InChI is InChI=1S/C48H54O13/c1-53-31-13-9-14-32(54-2)39(31)43(49)47(44(50)40-33(55-3)15-10-16-34(40)56-4)25-21-29(22-26-47)61-30-23-27-48(28-24-30,45(51)41-35(57-5)17-11-18-36(41)58-6)46(52)42-37(59-7)19-12-20-38(42)60-8/h9-20,29-30H,21-28H2,1-8H3. The van der Waals surface area contributed by atoms with Crippen LogP contribution >= 0.6 is 0 Å². The van der Waals surface area contributed by atoms with Crippen LogP contribution in [0.25, 0.3) is 0 Å². The average Bonchev–Trinajstić information content (AvgIpc) is 3.32. The Morgan fingerprint density at radius 2 is 0.541 bits per heavy atom. The van der Waals surface area contributed by atoms with Gasteiger partial charge in [-0.2, -0.15) is 0 Å². The van der Waals surface area contributed by atoms with E-state index in [1.165, 1.54) is 56.9 Å². The minimum Gasteiger partial charge on any atom is -0.496 e. The van der Waals surface area contributed by atoms with Crippen molar-refractivity contribution < 1.29 is 61.8 Å². The van der Waals surface area contributed by atoms with Crippen LogP contribution in [-0.2, 0) is 4.74 Å². The van der Waals surface area contributed by atoms with E-state index in [2.05, 4.69) is 0 Å². The first kappa shape index (κ1) is 44.5. The van der Waals surface area contributed by atoms with Crippen molar-refractivity contribution in [1.29, 1.82) is 0 Å². The van der Waals surface area contributed by atoms with Gasteiger partial charge in [0, 0.05) is 0 Å². The Labute approximate surface area is 356 Å². The molecule has 13 nitrogen and oxygen atoms in total. The Kier molecular flexibility index (Phi) is 13.9. The molecule has 0 aromatic heterocycles. The highest BCUT2D eigenvalue weighted by Gasteiger charge is 2.54. The van der Waals surface area contributed by atoms with Crippen molar-refractivity contribution in [2.45, 2.75) is 63.6 Å². The van der Waals surface area contributed by atoms with E-state index in [9.17, 15) is 0 Å². The fourth-order valence-corrected chi connectivity index (χ4v) is 9.08. The minimum atomic E-state index is -1.55. The number of carbonyl (C=O) groups excluding carboxylic acids is 4. The molecule has 0 aliphatic heterocycles. The van der Waals surface area contributed by atoms with Gasteiger partial charge < -0.3 is 42.6 Å². The minimum absolute atomic E-state index is 0.145. The summed E-state index contributed by atoms with van der Waals surface area (Å²) in [6.07, 6.45) is 1.37. The molecule has 4 aromatic rings. The lowest BCUT2D eigenvalue weighted by Gasteiger charge is -2.42. The molecule has 324 valence electrons. The summed E-state index contributed by atoms with van der Waals surface area (Å²) < 4.78 is 51.9. The second-order valence-corrected chi connectivity index (χ2v) is 15.2. The molecule has 13 heteroatoms. The van der Waals surface area contributed by atoms with Crippen LogP contribution in [0, 0.1) is 10.8 Å². The number of benzene rings is 4. The summed E-state index contributed by atoms with van der Waals surface area (Å²) in [5.74, 6) is 0.546. The van der Waals surface area contributed by atoms with E-state index in [-0.39, 0.29) is 106 Å². The highest BCUT2D eigenvalue weighted by atomic mass is 16.5. The third kappa shape index (κ3) is 8.10. The zero-order chi connectivity index (χ0) is 43.9. The molecule has 0 amide bonds. The number of carbonyl (C=O) groups is 4. The molecule has 2 saturated carbocycles. The summed E-state index contributed by atoms with van der Waals surface area (Å²) in [7, 11) is 11.7. The molecule has 2 aliphatic carbocycles. The number of ketones is 4. The van der Waals surface area contributed by atoms with Crippen molar-refractivity contribution in [3.63, 3.8) is 0 Å². The number of ether oxygens (including phenoxy) is 9. The second-order valence-electron chi connectivity index (χ2n) is 15.2. The molecule has 2 fully saturated rings. The quantitative estimate of drug-likeness (QED) is 0.0697. The van der Waals surface area contributed by atoms with Crippen molar-refractivity contribution in [1.82, 2.24) is 0 Å². The number of Topliss-reactive ketones (excluding diaryl/α,β-unsaturated/α-hetero) is 4. The Balaban J connectivity index is 1.31. The maximum absolute atomic E-state index is 15.0. The van der Waals surface area contributed by atoms with E-state index in [0.29, 0.717) is 25.7 Å². The van der Waals surface area contributed by atoms with Crippen molar-refractivity contribution >= 4 is 23.1 Å². The van der Waals surface area contributed by atoms with Crippen LogP contribution in [-0.4, -0.2) is 92.2 Å². The Bertz CT molecular complexity index is 1860. The molecular formula is C48H54O13. The fourth-order valence-electron chi connectivity index (χ4n) is 9.08. The second kappa shape index (κ2) is 19.1. The first-order valence-electron chi connectivity index (χ1n) is 20.2. The predicted octanol–water partition coefficient (Wildman–Crippen LogP) is 8.46. The van der Waals surface area contributed by atoms with Gasteiger partial charge in [0.25, 0.3) is 0 Å². The number of methoxy groups -OCH3 is 8. The number of hydrogen-bond donors (Lipinski definition) is 0. The molecule has 0 saturated heterocycles. The van der Waals surface area contributed by atoms with Gasteiger partial charge in [0.05, 0.1) is 79.9 Å². The van der Waals surface area contributed by atoms with Crippen molar-refractivity contribution in [2.24, 2.45) is 10.8 Å². The van der Waals surface area contributed by atoms with Gasteiger partial charge in [-0.25, -0.2) is 0 Å².